The van der Waals surface area contributed by atoms with Gasteiger partial charge in [-0.3, -0.25) is 4.79 Å². The van der Waals surface area contributed by atoms with E-state index in [2.05, 4.69) is 39.8 Å². The monoisotopic (exact) mass is 544 g/mol. The van der Waals surface area contributed by atoms with Gasteiger partial charge in [-0.05, 0) is 63.0 Å². The minimum Gasteiger partial charge on any atom is -0.462 e. The van der Waals surface area contributed by atoms with E-state index in [1.807, 2.05) is 13.0 Å². The van der Waals surface area contributed by atoms with E-state index in [0.29, 0.717) is 24.3 Å². The summed E-state index contributed by atoms with van der Waals surface area (Å²) in [7, 11) is 1.59. The van der Waals surface area contributed by atoms with Gasteiger partial charge >= 0.3 is 5.97 Å². The number of hydrogen-bond donors (Lipinski definition) is 2. The Morgan fingerprint density at radius 1 is 1.13 bits per heavy atom. The summed E-state index contributed by atoms with van der Waals surface area (Å²) < 4.78 is 25.0. The van der Waals surface area contributed by atoms with Gasteiger partial charge in [0.05, 0.1) is 24.9 Å². The smallest absolute Gasteiger partial charge is 0.316 e. The Hall–Kier alpha value is -1.77. The molecule has 1 spiro atoms. The first-order valence-electron chi connectivity index (χ1n) is 14.6. The number of rotatable bonds is 2. The first-order valence-corrected chi connectivity index (χ1v) is 14.6. The lowest BCUT2D eigenvalue weighted by Gasteiger charge is -2.49. The summed E-state index contributed by atoms with van der Waals surface area (Å²) in [5.41, 5.74) is 0.863. The van der Waals surface area contributed by atoms with E-state index in [1.54, 1.807) is 19.3 Å². The summed E-state index contributed by atoms with van der Waals surface area (Å²) in [4.78, 5) is 13.9. The zero-order chi connectivity index (χ0) is 28.4. The molecule has 2 saturated heterocycles. The van der Waals surface area contributed by atoms with E-state index in [-0.39, 0.29) is 37.3 Å². The number of allylic oxidation sites excluding steroid dienone is 4. The van der Waals surface area contributed by atoms with Crippen molar-refractivity contribution in [1.82, 2.24) is 0 Å². The van der Waals surface area contributed by atoms with E-state index >= 15 is 0 Å². The van der Waals surface area contributed by atoms with Gasteiger partial charge in [0.15, 0.2) is 5.79 Å². The standard InChI is InChI=1S/C32H48O7/c1-20-8-7-9-25(19-33)32(35)18-29(36-6)23(4)15-28(32)30(34)37-27-16-26(11-10-21(2)14-20)39-31(17-27)13-12-22(3)24(5)38-31/h7-10,15,20,22,24,26-29,33,35H,11-14,16-19H2,1-6H3/b8-7+,21-10-,25-9+/t20-,22-,24+,26+,27-,28-,29-,31-,32+/m0/s1. The lowest BCUT2D eigenvalue weighted by atomic mass is 9.71. The molecule has 0 unspecified atom stereocenters. The van der Waals surface area contributed by atoms with Crippen LogP contribution in [0.4, 0.5) is 0 Å². The molecule has 218 valence electrons. The summed E-state index contributed by atoms with van der Waals surface area (Å²) in [6.45, 7) is 10.1. The molecule has 0 aromatic rings. The van der Waals surface area contributed by atoms with Crippen LogP contribution in [0.25, 0.3) is 0 Å². The van der Waals surface area contributed by atoms with Crippen LogP contribution in [0.3, 0.4) is 0 Å². The van der Waals surface area contributed by atoms with Crippen molar-refractivity contribution >= 4 is 5.97 Å². The zero-order valence-electron chi connectivity index (χ0n) is 24.5. The zero-order valence-corrected chi connectivity index (χ0v) is 24.5. The highest BCUT2D eigenvalue weighted by molar-refractivity contribution is 5.78. The Morgan fingerprint density at radius 3 is 2.59 bits per heavy atom. The molecule has 4 rings (SSSR count). The quantitative estimate of drug-likeness (QED) is 0.366. The molecule has 7 heteroatoms. The SMILES string of the molecule is CO[C@H]1C[C@@]2(O)/C(CO)=C/C=C/[C@H](C)C/C(C)=C\C[C@@H]3C[C@@H](C[C@]4(CC[C@H](C)[C@@H](C)O4)O3)OC(=O)[C@@H]2C=C1C. The molecular weight excluding hydrogens is 496 g/mol. The summed E-state index contributed by atoms with van der Waals surface area (Å²) in [5.74, 6) is -1.55. The normalized spacial score (nSPS) is 45.7. The fourth-order valence-electron chi connectivity index (χ4n) is 6.66. The Labute approximate surface area is 233 Å². The van der Waals surface area contributed by atoms with Crippen molar-refractivity contribution in [2.45, 2.75) is 115 Å². The highest BCUT2D eigenvalue weighted by Crippen LogP contribution is 2.44. The van der Waals surface area contributed by atoms with Crippen LogP contribution >= 0.6 is 0 Å². The molecule has 2 fully saturated rings. The molecule has 3 aliphatic heterocycles. The second-order valence-corrected chi connectivity index (χ2v) is 12.4. The highest BCUT2D eigenvalue weighted by atomic mass is 16.7. The van der Waals surface area contributed by atoms with Crippen LogP contribution < -0.4 is 0 Å². The van der Waals surface area contributed by atoms with Crippen LogP contribution in [0.15, 0.2) is 47.1 Å². The third-order valence-corrected chi connectivity index (χ3v) is 9.23. The van der Waals surface area contributed by atoms with Gasteiger partial charge in [-0.2, -0.15) is 0 Å². The number of esters is 1. The van der Waals surface area contributed by atoms with Crippen molar-refractivity contribution in [3.8, 4) is 0 Å². The molecule has 39 heavy (non-hydrogen) atoms. The third-order valence-electron chi connectivity index (χ3n) is 9.23. The lowest BCUT2D eigenvalue weighted by molar-refractivity contribution is -0.332. The Morgan fingerprint density at radius 2 is 1.90 bits per heavy atom. The average molecular weight is 545 g/mol. The molecular formula is C32H48O7. The molecule has 0 aromatic heterocycles. The van der Waals surface area contributed by atoms with E-state index in [9.17, 15) is 15.0 Å². The number of ether oxygens (including phenoxy) is 4. The van der Waals surface area contributed by atoms with Crippen molar-refractivity contribution in [3.05, 3.63) is 47.1 Å². The van der Waals surface area contributed by atoms with Crippen molar-refractivity contribution in [2.75, 3.05) is 13.7 Å². The Bertz CT molecular complexity index is 1010. The van der Waals surface area contributed by atoms with Gasteiger partial charge in [0, 0.05) is 32.8 Å². The molecule has 0 amide bonds. The van der Waals surface area contributed by atoms with Crippen LogP contribution in [0.1, 0.15) is 79.6 Å². The van der Waals surface area contributed by atoms with Crippen molar-refractivity contribution in [3.63, 3.8) is 0 Å². The molecule has 7 nitrogen and oxygen atoms in total. The summed E-state index contributed by atoms with van der Waals surface area (Å²) in [6.07, 6.45) is 13.3. The fraction of sp³-hybridized carbons (Fsp3) is 0.719. The minimum absolute atomic E-state index is 0.0499. The van der Waals surface area contributed by atoms with Crippen molar-refractivity contribution in [1.29, 1.82) is 0 Å². The van der Waals surface area contributed by atoms with E-state index in [0.717, 1.165) is 31.3 Å². The van der Waals surface area contributed by atoms with Crippen LogP contribution in [-0.2, 0) is 23.7 Å². The van der Waals surface area contributed by atoms with Gasteiger partial charge in [0.1, 0.15) is 17.6 Å². The number of methoxy groups -OCH3 is 1. The molecule has 9 atom stereocenters. The number of carbonyl (C=O) groups is 1. The predicted molar refractivity (Wildman–Crippen MR) is 150 cm³/mol. The van der Waals surface area contributed by atoms with Gasteiger partial charge < -0.3 is 29.2 Å². The maximum atomic E-state index is 13.9. The number of hydrogen-bond acceptors (Lipinski definition) is 7. The van der Waals surface area contributed by atoms with E-state index < -0.39 is 29.4 Å². The Balaban J connectivity index is 1.73. The topological polar surface area (TPSA) is 94.5 Å². The predicted octanol–water partition coefficient (Wildman–Crippen LogP) is 5.17. The van der Waals surface area contributed by atoms with Crippen molar-refractivity contribution in [2.24, 2.45) is 17.8 Å². The average Bonchev–Trinajstić information content (AvgIpc) is 2.88. The molecule has 1 aliphatic carbocycles. The van der Waals surface area contributed by atoms with Gasteiger partial charge in [-0.1, -0.05) is 49.8 Å². The van der Waals surface area contributed by atoms with Gasteiger partial charge in [0.25, 0.3) is 0 Å². The maximum absolute atomic E-state index is 13.9. The molecule has 3 heterocycles. The summed E-state index contributed by atoms with van der Waals surface area (Å²) >= 11 is 0. The van der Waals surface area contributed by atoms with E-state index in [1.165, 1.54) is 5.57 Å². The molecule has 0 saturated carbocycles. The van der Waals surface area contributed by atoms with Gasteiger partial charge in [-0.15, -0.1) is 0 Å². The highest BCUT2D eigenvalue weighted by Gasteiger charge is 2.51. The third kappa shape index (κ3) is 6.76. The second kappa shape index (κ2) is 12.4. The molecule has 0 radical (unpaired) electrons. The number of carbonyl (C=O) groups excluding carboxylic acids is 1. The number of aliphatic hydroxyl groups is 2. The second-order valence-electron chi connectivity index (χ2n) is 12.4. The largest absolute Gasteiger partial charge is 0.462 e. The molecule has 0 aromatic carbocycles. The fourth-order valence-corrected chi connectivity index (χ4v) is 6.66. The van der Waals surface area contributed by atoms with Crippen molar-refractivity contribution < 1.29 is 34.0 Å². The van der Waals surface area contributed by atoms with Crippen LogP contribution in [0.5, 0.6) is 0 Å². The van der Waals surface area contributed by atoms with Crippen LogP contribution in [-0.4, -0.2) is 65.7 Å². The van der Waals surface area contributed by atoms with Gasteiger partial charge in [-0.25, -0.2) is 0 Å². The number of fused-ring (bicyclic) bond motifs is 3. The molecule has 2 bridgehead atoms. The summed E-state index contributed by atoms with van der Waals surface area (Å²) in [5, 5.41) is 22.4. The molecule has 4 aliphatic rings. The summed E-state index contributed by atoms with van der Waals surface area (Å²) in [6, 6.07) is 0. The minimum atomic E-state index is -1.64. The first kappa shape index (κ1) is 30.2. The lowest BCUT2D eigenvalue weighted by Crippen LogP contribution is -2.55. The van der Waals surface area contributed by atoms with Crippen LogP contribution in [0, 0.1) is 17.8 Å². The van der Waals surface area contributed by atoms with E-state index in [4.69, 9.17) is 18.9 Å². The Kier molecular flexibility index (Phi) is 9.60. The first-order chi connectivity index (χ1) is 18.5. The maximum Gasteiger partial charge on any atom is 0.316 e. The van der Waals surface area contributed by atoms with Crippen LogP contribution in [0.2, 0.25) is 0 Å². The number of aliphatic hydroxyl groups excluding tert-OH is 1. The van der Waals surface area contributed by atoms with Gasteiger partial charge in [0.2, 0.25) is 0 Å². The molecule has 2 N–H and O–H groups in total.